The second-order valence-corrected chi connectivity index (χ2v) is 8.23. The lowest BCUT2D eigenvalue weighted by atomic mass is 9.98. The molecule has 0 aliphatic carbocycles. The van der Waals surface area contributed by atoms with Gasteiger partial charge in [0, 0.05) is 0 Å². The molecule has 1 aromatic heterocycles. The van der Waals surface area contributed by atoms with Gasteiger partial charge in [0.15, 0.2) is 0 Å². The maximum Gasteiger partial charge on any atom is 0.317 e. The Morgan fingerprint density at radius 2 is 1.80 bits per heavy atom. The molecule has 0 unspecified atom stereocenters. The van der Waals surface area contributed by atoms with Crippen molar-refractivity contribution in [2.45, 2.75) is 52.1 Å². The van der Waals surface area contributed by atoms with Gasteiger partial charge in [-0.2, -0.15) is 0 Å². The van der Waals surface area contributed by atoms with E-state index in [0.29, 0.717) is 18.9 Å². The number of hydrogen-bond donors (Lipinski definition) is 1. The summed E-state index contributed by atoms with van der Waals surface area (Å²) in [7, 11) is 0. The number of imidazole rings is 1. The summed E-state index contributed by atoms with van der Waals surface area (Å²) in [6.07, 6.45) is 0.670. The Labute approximate surface area is 176 Å². The van der Waals surface area contributed by atoms with Gasteiger partial charge < -0.3 is 14.5 Å². The highest BCUT2D eigenvalue weighted by Crippen LogP contribution is 2.26. The quantitative estimate of drug-likeness (QED) is 0.588. The lowest BCUT2D eigenvalue weighted by Crippen LogP contribution is -2.29. The maximum atomic E-state index is 13.0. The average Bonchev–Trinajstić information content (AvgIpc) is 3.08. The zero-order valence-corrected chi connectivity index (χ0v) is 17.9. The fourth-order valence-electron chi connectivity index (χ4n) is 3.24. The smallest absolute Gasteiger partial charge is 0.317 e. The van der Waals surface area contributed by atoms with Crippen LogP contribution in [0.15, 0.2) is 48.5 Å². The number of esters is 2. The summed E-state index contributed by atoms with van der Waals surface area (Å²) in [6, 6.07) is 15.4. The third kappa shape index (κ3) is 5.69. The molecule has 1 atom stereocenters. The Balaban J connectivity index is 1.91. The summed E-state index contributed by atoms with van der Waals surface area (Å²) in [6.45, 7) is 7.69. The molecule has 0 bridgehead atoms. The van der Waals surface area contributed by atoms with Crippen molar-refractivity contribution in [3.63, 3.8) is 0 Å². The second-order valence-electron chi connectivity index (χ2n) is 8.23. The van der Waals surface area contributed by atoms with E-state index in [-0.39, 0.29) is 18.4 Å². The number of benzene rings is 2. The molecule has 6 nitrogen and oxygen atoms in total. The number of H-pyrrole nitrogens is 1. The van der Waals surface area contributed by atoms with Crippen LogP contribution in [0, 0.1) is 0 Å². The Morgan fingerprint density at radius 1 is 1.07 bits per heavy atom. The molecule has 6 heteroatoms. The van der Waals surface area contributed by atoms with Gasteiger partial charge in [0.05, 0.1) is 24.1 Å². The summed E-state index contributed by atoms with van der Waals surface area (Å²) < 4.78 is 10.7. The fourth-order valence-corrected chi connectivity index (χ4v) is 3.24. The van der Waals surface area contributed by atoms with Gasteiger partial charge in [-0.15, -0.1) is 0 Å². The maximum absolute atomic E-state index is 13.0. The molecule has 1 heterocycles. The Morgan fingerprint density at radius 3 is 2.47 bits per heavy atom. The minimum atomic E-state index is -0.592. The van der Waals surface area contributed by atoms with Gasteiger partial charge in [-0.1, -0.05) is 36.4 Å². The highest BCUT2D eigenvalue weighted by Gasteiger charge is 2.29. The first-order valence-electron chi connectivity index (χ1n) is 10.2. The van der Waals surface area contributed by atoms with Crippen LogP contribution in [-0.2, 0) is 31.9 Å². The van der Waals surface area contributed by atoms with E-state index in [1.54, 1.807) is 6.92 Å². The first-order valence-corrected chi connectivity index (χ1v) is 10.2. The Kier molecular flexibility index (Phi) is 6.55. The lowest BCUT2D eigenvalue weighted by molar-refractivity contribution is -0.157. The highest BCUT2D eigenvalue weighted by molar-refractivity contribution is 5.82. The van der Waals surface area contributed by atoms with E-state index in [4.69, 9.17) is 9.47 Å². The zero-order chi connectivity index (χ0) is 21.7. The molecule has 0 aliphatic heterocycles. The summed E-state index contributed by atoms with van der Waals surface area (Å²) >= 11 is 0. The van der Waals surface area contributed by atoms with Gasteiger partial charge in [-0.3, -0.25) is 9.59 Å². The number of hydrogen-bond acceptors (Lipinski definition) is 5. The normalized spacial score (nSPS) is 12.5. The van der Waals surface area contributed by atoms with E-state index in [0.717, 1.165) is 22.2 Å². The molecule has 158 valence electrons. The van der Waals surface area contributed by atoms with Crippen LogP contribution in [-0.4, -0.2) is 34.1 Å². The second kappa shape index (κ2) is 9.11. The molecule has 0 saturated carbocycles. The number of nitrogens with zero attached hydrogens (tertiary/aromatic N) is 1. The molecular weight excluding hydrogens is 380 g/mol. The summed E-state index contributed by atoms with van der Waals surface area (Å²) in [5, 5.41) is 0. The van der Waals surface area contributed by atoms with Gasteiger partial charge in [-0.05, 0) is 57.4 Å². The number of aromatic nitrogens is 2. The minimum absolute atomic E-state index is 0.192. The van der Waals surface area contributed by atoms with E-state index in [2.05, 4.69) is 9.97 Å². The molecule has 0 spiro atoms. The summed E-state index contributed by atoms with van der Waals surface area (Å²) in [5.41, 5.74) is 2.77. The molecule has 0 fully saturated rings. The van der Waals surface area contributed by atoms with Crippen LogP contribution in [0.25, 0.3) is 11.0 Å². The lowest BCUT2D eigenvalue weighted by Gasteiger charge is -2.23. The number of ether oxygens (including phenoxy) is 2. The van der Waals surface area contributed by atoms with E-state index >= 15 is 0 Å². The molecule has 2 aromatic carbocycles. The Hall–Kier alpha value is -3.15. The van der Waals surface area contributed by atoms with E-state index in [1.807, 2.05) is 69.3 Å². The van der Waals surface area contributed by atoms with Crippen molar-refractivity contribution < 1.29 is 19.1 Å². The van der Waals surface area contributed by atoms with Crippen molar-refractivity contribution in [3.8, 4) is 0 Å². The van der Waals surface area contributed by atoms with Gasteiger partial charge in [0.2, 0.25) is 0 Å². The number of aromatic amines is 1. The minimum Gasteiger partial charge on any atom is -0.466 e. The highest BCUT2D eigenvalue weighted by atomic mass is 16.6. The van der Waals surface area contributed by atoms with Crippen LogP contribution >= 0.6 is 0 Å². The van der Waals surface area contributed by atoms with Crippen molar-refractivity contribution in [1.29, 1.82) is 0 Å². The molecule has 0 saturated heterocycles. The average molecular weight is 408 g/mol. The van der Waals surface area contributed by atoms with Crippen molar-refractivity contribution >= 4 is 23.0 Å². The van der Waals surface area contributed by atoms with E-state index < -0.39 is 11.5 Å². The van der Waals surface area contributed by atoms with Crippen molar-refractivity contribution in [1.82, 2.24) is 9.97 Å². The number of nitrogens with one attached hydrogen (secondary N) is 1. The SMILES string of the molecule is CCOC(=O)Cc1ccc2nc([C@H](Cc3ccccc3)C(=O)OC(C)(C)C)[nH]c2c1. The van der Waals surface area contributed by atoms with Crippen LogP contribution in [0.4, 0.5) is 0 Å². The fraction of sp³-hybridized carbons (Fsp3) is 0.375. The molecule has 3 rings (SSSR count). The predicted molar refractivity (Wildman–Crippen MR) is 115 cm³/mol. The van der Waals surface area contributed by atoms with Crippen LogP contribution < -0.4 is 0 Å². The molecule has 0 amide bonds. The number of carbonyl (C=O) groups is 2. The predicted octanol–water partition coefficient (Wildman–Crippen LogP) is 4.34. The van der Waals surface area contributed by atoms with E-state index in [9.17, 15) is 9.59 Å². The van der Waals surface area contributed by atoms with Crippen molar-refractivity contribution in [2.24, 2.45) is 0 Å². The van der Waals surface area contributed by atoms with Gasteiger partial charge in [0.1, 0.15) is 17.3 Å². The first-order chi connectivity index (χ1) is 14.2. The van der Waals surface area contributed by atoms with Crippen LogP contribution in [0.5, 0.6) is 0 Å². The molecule has 30 heavy (non-hydrogen) atoms. The third-order valence-electron chi connectivity index (χ3n) is 4.52. The Bertz CT molecular complexity index is 1020. The molecule has 3 aromatic rings. The van der Waals surface area contributed by atoms with Crippen molar-refractivity contribution in [3.05, 3.63) is 65.5 Å². The third-order valence-corrected chi connectivity index (χ3v) is 4.52. The molecule has 0 aliphatic rings. The zero-order valence-electron chi connectivity index (χ0n) is 17.9. The van der Waals surface area contributed by atoms with Crippen LogP contribution in [0.1, 0.15) is 50.6 Å². The molecule has 1 N–H and O–H groups in total. The van der Waals surface area contributed by atoms with Gasteiger partial charge in [0.25, 0.3) is 0 Å². The van der Waals surface area contributed by atoms with Gasteiger partial charge in [-0.25, -0.2) is 4.98 Å². The van der Waals surface area contributed by atoms with Crippen LogP contribution in [0.2, 0.25) is 0 Å². The largest absolute Gasteiger partial charge is 0.466 e. The standard InChI is InChI=1S/C24H28N2O4/c1-5-29-21(27)15-17-11-12-19-20(14-17)26-22(25-19)18(23(28)30-24(2,3)4)13-16-9-7-6-8-10-16/h6-12,14,18H,5,13,15H2,1-4H3,(H,25,26)/t18-/m0/s1. The first kappa shape index (κ1) is 21.6. The topological polar surface area (TPSA) is 81.3 Å². The summed E-state index contributed by atoms with van der Waals surface area (Å²) in [5.74, 6) is -0.603. The van der Waals surface area contributed by atoms with Crippen molar-refractivity contribution in [2.75, 3.05) is 6.61 Å². The molecular formula is C24H28N2O4. The monoisotopic (exact) mass is 408 g/mol. The number of rotatable bonds is 7. The van der Waals surface area contributed by atoms with E-state index in [1.165, 1.54) is 0 Å². The van der Waals surface area contributed by atoms with Gasteiger partial charge >= 0.3 is 11.9 Å². The number of fused-ring (bicyclic) bond motifs is 1. The van der Waals surface area contributed by atoms with Crippen LogP contribution in [0.3, 0.4) is 0 Å². The molecule has 0 radical (unpaired) electrons. The summed E-state index contributed by atoms with van der Waals surface area (Å²) in [4.78, 5) is 32.7. The number of carbonyl (C=O) groups excluding carboxylic acids is 2.